The first-order valence-corrected chi connectivity index (χ1v) is 10.7. The van der Waals surface area contributed by atoms with Crippen LogP contribution in [0.1, 0.15) is 36.3 Å². The molecule has 0 saturated carbocycles. The van der Waals surface area contributed by atoms with Gasteiger partial charge in [-0.2, -0.15) is 4.98 Å². The molecule has 1 saturated heterocycles. The largest absolute Gasteiger partial charge is 0.343 e. The Bertz CT molecular complexity index is 1200. The molecule has 1 aliphatic heterocycles. The number of likely N-dealkylation sites (tertiary alicyclic amines) is 1. The molecule has 0 N–H and O–H groups in total. The number of nitrogens with zero attached hydrogens (tertiary/aromatic N) is 6. The van der Waals surface area contributed by atoms with Crippen molar-refractivity contribution in [2.45, 2.75) is 39.2 Å². The average molecular weight is 416 g/mol. The van der Waals surface area contributed by atoms with Gasteiger partial charge < -0.3 is 9.42 Å². The molecule has 1 fully saturated rings. The number of amides is 1. The number of aromatic nitrogens is 5. The van der Waals surface area contributed by atoms with Crippen molar-refractivity contribution in [1.29, 1.82) is 0 Å². The Labute approximate surface area is 179 Å². The SMILES string of the molecule is Cc1ccc(Cc2nc(-c3ccc4c(c3)nnn4CCC(=O)N3CCCC3)no2)cc1. The van der Waals surface area contributed by atoms with Gasteiger partial charge in [-0.25, -0.2) is 4.68 Å². The first-order valence-electron chi connectivity index (χ1n) is 10.7. The molecule has 0 spiro atoms. The summed E-state index contributed by atoms with van der Waals surface area (Å²) in [6.07, 6.45) is 3.23. The Morgan fingerprint density at radius 1 is 1.10 bits per heavy atom. The fraction of sp³-hybridized carbons (Fsp3) is 0.348. The summed E-state index contributed by atoms with van der Waals surface area (Å²) in [5.41, 5.74) is 4.81. The van der Waals surface area contributed by atoms with Crippen molar-refractivity contribution in [3.05, 3.63) is 59.5 Å². The van der Waals surface area contributed by atoms with Crippen molar-refractivity contribution in [3.63, 3.8) is 0 Å². The van der Waals surface area contributed by atoms with Crippen molar-refractivity contribution in [1.82, 2.24) is 30.0 Å². The first kappa shape index (κ1) is 19.4. The van der Waals surface area contributed by atoms with Crippen LogP contribution < -0.4 is 0 Å². The summed E-state index contributed by atoms with van der Waals surface area (Å²) in [4.78, 5) is 18.8. The standard InChI is InChI=1S/C23H24N6O2/c1-16-4-6-17(7-5-16)14-21-24-23(26-31-21)18-8-9-20-19(15-18)25-27-29(20)13-10-22(30)28-11-2-3-12-28/h4-9,15H,2-3,10-14H2,1H3. The molecule has 2 aromatic heterocycles. The lowest BCUT2D eigenvalue weighted by Crippen LogP contribution is -2.28. The van der Waals surface area contributed by atoms with E-state index >= 15 is 0 Å². The Kier molecular flexibility index (Phi) is 5.19. The molecule has 1 aliphatic rings. The van der Waals surface area contributed by atoms with Crippen LogP contribution in [-0.2, 0) is 17.8 Å². The number of aryl methyl sites for hydroxylation is 2. The zero-order chi connectivity index (χ0) is 21.2. The van der Waals surface area contributed by atoms with Gasteiger partial charge in [-0.05, 0) is 43.5 Å². The summed E-state index contributed by atoms with van der Waals surface area (Å²) >= 11 is 0. The monoisotopic (exact) mass is 416 g/mol. The molecular formula is C23H24N6O2. The molecule has 0 unspecified atom stereocenters. The Hall–Kier alpha value is -3.55. The van der Waals surface area contributed by atoms with Crippen molar-refractivity contribution >= 4 is 16.9 Å². The molecule has 8 nitrogen and oxygen atoms in total. The summed E-state index contributed by atoms with van der Waals surface area (Å²) in [6.45, 7) is 4.33. The Morgan fingerprint density at radius 3 is 2.71 bits per heavy atom. The van der Waals surface area contributed by atoms with E-state index < -0.39 is 0 Å². The van der Waals surface area contributed by atoms with Crippen LogP contribution in [-0.4, -0.2) is 49.0 Å². The lowest BCUT2D eigenvalue weighted by atomic mass is 10.1. The van der Waals surface area contributed by atoms with Crippen molar-refractivity contribution in [2.75, 3.05) is 13.1 Å². The fourth-order valence-corrected chi connectivity index (χ4v) is 3.93. The highest BCUT2D eigenvalue weighted by molar-refractivity contribution is 5.80. The molecule has 5 rings (SSSR count). The van der Waals surface area contributed by atoms with Crippen molar-refractivity contribution in [2.24, 2.45) is 0 Å². The Morgan fingerprint density at radius 2 is 1.90 bits per heavy atom. The second kappa shape index (κ2) is 8.29. The molecular weight excluding hydrogens is 392 g/mol. The number of hydrogen-bond donors (Lipinski definition) is 0. The quantitative estimate of drug-likeness (QED) is 0.479. The minimum Gasteiger partial charge on any atom is -0.343 e. The fourth-order valence-electron chi connectivity index (χ4n) is 3.93. The van der Waals surface area contributed by atoms with Gasteiger partial charge in [0.1, 0.15) is 5.52 Å². The molecule has 31 heavy (non-hydrogen) atoms. The molecule has 0 bridgehead atoms. The summed E-state index contributed by atoms with van der Waals surface area (Å²) < 4.78 is 7.22. The third-order valence-electron chi connectivity index (χ3n) is 5.71. The number of hydrogen-bond acceptors (Lipinski definition) is 6. The molecule has 4 aromatic rings. The van der Waals surface area contributed by atoms with Crippen LogP contribution in [0.2, 0.25) is 0 Å². The number of fused-ring (bicyclic) bond motifs is 1. The van der Waals surface area contributed by atoms with Crippen LogP contribution in [0.4, 0.5) is 0 Å². The van der Waals surface area contributed by atoms with E-state index in [0.717, 1.165) is 48.1 Å². The minimum absolute atomic E-state index is 0.186. The molecule has 3 heterocycles. The molecule has 0 atom stereocenters. The molecule has 1 amide bonds. The zero-order valence-corrected chi connectivity index (χ0v) is 17.5. The van der Waals surface area contributed by atoms with E-state index in [4.69, 9.17) is 4.52 Å². The van der Waals surface area contributed by atoms with Gasteiger partial charge >= 0.3 is 0 Å². The topological polar surface area (TPSA) is 89.9 Å². The average Bonchev–Trinajstić information content (AvgIpc) is 3.54. The highest BCUT2D eigenvalue weighted by atomic mass is 16.5. The minimum atomic E-state index is 0.186. The van der Waals surface area contributed by atoms with Gasteiger partial charge in [0, 0.05) is 25.1 Å². The third kappa shape index (κ3) is 4.19. The van der Waals surface area contributed by atoms with Gasteiger partial charge in [0.15, 0.2) is 0 Å². The maximum atomic E-state index is 12.3. The highest BCUT2D eigenvalue weighted by Gasteiger charge is 2.18. The first-order chi connectivity index (χ1) is 15.2. The van der Waals surface area contributed by atoms with Crippen LogP contribution in [0, 0.1) is 6.92 Å². The predicted molar refractivity (Wildman–Crippen MR) is 115 cm³/mol. The van der Waals surface area contributed by atoms with E-state index in [-0.39, 0.29) is 5.91 Å². The number of benzene rings is 2. The van der Waals surface area contributed by atoms with Gasteiger partial charge in [0.2, 0.25) is 17.6 Å². The summed E-state index contributed by atoms with van der Waals surface area (Å²) in [5, 5.41) is 12.6. The maximum Gasteiger partial charge on any atom is 0.231 e. The van der Waals surface area contributed by atoms with Crippen molar-refractivity contribution in [3.8, 4) is 11.4 Å². The molecule has 2 aromatic carbocycles. The van der Waals surface area contributed by atoms with Crippen LogP contribution in [0.3, 0.4) is 0 Å². The number of rotatable bonds is 6. The predicted octanol–water partition coefficient (Wildman–Crippen LogP) is 3.39. The second-order valence-electron chi connectivity index (χ2n) is 8.03. The third-order valence-corrected chi connectivity index (χ3v) is 5.71. The van der Waals surface area contributed by atoms with Gasteiger partial charge in [0.25, 0.3) is 0 Å². The number of carbonyl (C=O) groups is 1. The second-order valence-corrected chi connectivity index (χ2v) is 8.03. The van der Waals surface area contributed by atoms with E-state index in [1.807, 2.05) is 23.1 Å². The van der Waals surface area contributed by atoms with Crippen LogP contribution in [0.25, 0.3) is 22.4 Å². The summed E-state index contributed by atoms with van der Waals surface area (Å²) in [5.74, 6) is 1.29. The summed E-state index contributed by atoms with van der Waals surface area (Å²) in [7, 11) is 0. The lowest BCUT2D eigenvalue weighted by Gasteiger charge is -2.14. The van der Waals surface area contributed by atoms with Crippen LogP contribution in [0.15, 0.2) is 47.0 Å². The smallest absolute Gasteiger partial charge is 0.231 e. The van der Waals surface area contributed by atoms with Crippen molar-refractivity contribution < 1.29 is 9.32 Å². The molecule has 0 radical (unpaired) electrons. The summed E-state index contributed by atoms with van der Waals surface area (Å²) in [6, 6.07) is 14.1. The van der Waals surface area contributed by atoms with E-state index in [2.05, 4.69) is 51.6 Å². The van der Waals surface area contributed by atoms with E-state index in [0.29, 0.717) is 31.1 Å². The maximum absolute atomic E-state index is 12.3. The van der Waals surface area contributed by atoms with Gasteiger partial charge in [-0.3, -0.25) is 4.79 Å². The normalized spacial score (nSPS) is 13.9. The van der Waals surface area contributed by atoms with E-state index in [1.165, 1.54) is 5.56 Å². The van der Waals surface area contributed by atoms with Crippen LogP contribution >= 0.6 is 0 Å². The molecule has 158 valence electrons. The van der Waals surface area contributed by atoms with Gasteiger partial charge in [-0.15, -0.1) is 5.10 Å². The zero-order valence-electron chi connectivity index (χ0n) is 17.5. The Balaban J connectivity index is 1.28. The van der Waals surface area contributed by atoms with Gasteiger partial charge in [0.05, 0.1) is 18.5 Å². The van der Waals surface area contributed by atoms with E-state index in [9.17, 15) is 4.79 Å². The lowest BCUT2D eigenvalue weighted by molar-refractivity contribution is -0.130. The molecule has 8 heteroatoms. The molecule has 0 aliphatic carbocycles. The highest BCUT2D eigenvalue weighted by Crippen LogP contribution is 2.22. The van der Waals surface area contributed by atoms with E-state index in [1.54, 1.807) is 4.68 Å². The van der Waals surface area contributed by atoms with Crippen LogP contribution in [0.5, 0.6) is 0 Å². The van der Waals surface area contributed by atoms with Gasteiger partial charge in [-0.1, -0.05) is 40.2 Å². The number of carbonyl (C=O) groups excluding carboxylic acids is 1.